The standard InChI is InChI=1S/C18H24N4O2/c1-24-16-8-6-14(7-9-16)12-20-18(23)19-10-11-22-17-5-3-2-4-15(17)13-21-22/h6-9,13H,2-5,10-12H2,1H3,(H2,19,20,23). The van der Waals surface area contributed by atoms with Crippen molar-refractivity contribution >= 4 is 6.03 Å². The van der Waals surface area contributed by atoms with Crippen molar-refractivity contribution in [2.45, 2.75) is 38.8 Å². The first kappa shape index (κ1) is 16.4. The highest BCUT2D eigenvalue weighted by Gasteiger charge is 2.14. The number of nitrogens with one attached hydrogen (secondary N) is 2. The van der Waals surface area contributed by atoms with Crippen molar-refractivity contribution in [3.63, 3.8) is 0 Å². The van der Waals surface area contributed by atoms with Gasteiger partial charge >= 0.3 is 6.03 Å². The van der Waals surface area contributed by atoms with Gasteiger partial charge in [0.1, 0.15) is 5.75 Å². The number of aryl methyl sites for hydroxylation is 1. The molecular formula is C18H24N4O2. The van der Waals surface area contributed by atoms with Gasteiger partial charge in [0.2, 0.25) is 0 Å². The molecule has 0 aliphatic heterocycles. The molecule has 0 unspecified atom stereocenters. The van der Waals surface area contributed by atoms with Gasteiger partial charge in [0.05, 0.1) is 19.9 Å². The summed E-state index contributed by atoms with van der Waals surface area (Å²) in [6.07, 6.45) is 6.68. The summed E-state index contributed by atoms with van der Waals surface area (Å²) in [7, 11) is 1.64. The lowest BCUT2D eigenvalue weighted by Crippen LogP contribution is -2.37. The van der Waals surface area contributed by atoms with Crippen LogP contribution in [-0.4, -0.2) is 29.5 Å². The SMILES string of the molecule is COc1ccc(CNC(=O)NCCn2ncc3c2CCCC3)cc1. The van der Waals surface area contributed by atoms with E-state index in [0.29, 0.717) is 19.6 Å². The summed E-state index contributed by atoms with van der Waals surface area (Å²) in [5.41, 5.74) is 3.74. The number of rotatable bonds is 6. The summed E-state index contributed by atoms with van der Waals surface area (Å²) in [5.74, 6) is 0.811. The smallest absolute Gasteiger partial charge is 0.315 e. The van der Waals surface area contributed by atoms with E-state index in [9.17, 15) is 4.79 Å². The Morgan fingerprint density at radius 2 is 2.00 bits per heavy atom. The molecule has 2 amide bonds. The Balaban J connectivity index is 1.40. The Kier molecular flexibility index (Phi) is 5.36. The monoisotopic (exact) mass is 328 g/mol. The van der Waals surface area contributed by atoms with Crippen molar-refractivity contribution in [2.24, 2.45) is 0 Å². The van der Waals surface area contributed by atoms with E-state index in [1.165, 1.54) is 24.1 Å². The molecule has 0 spiro atoms. The maximum Gasteiger partial charge on any atom is 0.315 e. The molecule has 1 aromatic carbocycles. The molecule has 128 valence electrons. The summed E-state index contributed by atoms with van der Waals surface area (Å²) in [6, 6.07) is 7.49. The van der Waals surface area contributed by atoms with Gasteiger partial charge in [0.25, 0.3) is 0 Å². The highest BCUT2D eigenvalue weighted by atomic mass is 16.5. The van der Waals surface area contributed by atoms with Gasteiger partial charge in [-0.15, -0.1) is 0 Å². The van der Waals surface area contributed by atoms with Crippen LogP contribution >= 0.6 is 0 Å². The van der Waals surface area contributed by atoms with Gasteiger partial charge in [-0.2, -0.15) is 5.10 Å². The molecule has 1 aliphatic rings. The van der Waals surface area contributed by atoms with Crippen LogP contribution in [0.25, 0.3) is 0 Å². The summed E-state index contributed by atoms with van der Waals surface area (Å²) in [6.45, 7) is 1.78. The summed E-state index contributed by atoms with van der Waals surface area (Å²) in [5, 5.41) is 10.2. The number of carbonyl (C=O) groups is 1. The molecule has 6 nitrogen and oxygen atoms in total. The highest BCUT2D eigenvalue weighted by Crippen LogP contribution is 2.20. The molecule has 1 aromatic heterocycles. The fraction of sp³-hybridized carbons (Fsp3) is 0.444. The normalized spacial score (nSPS) is 13.2. The van der Waals surface area contributed by atoms with Crippen molar-refractivity contribution in [3.05, 3.63) is 47.3 Å². The van der Waals surface area contributed by atoms with Gasteiger partial charge in [-0.05, 0) is 48.9 Å². The quantitative estimate of drug-likeness (QED) is 0.855. The molecule has 1 heterocycles. The van der Waals surface area contributed by atoms with Crippen LogP contribution in [0.3, 0.4) is 0 Å². The maximum absolute atomic E-state index is 11.9. The number of hydrogen-bond acceptors (Lipinski definition) is 3. The maximum atomic E-state index is 11.9. The van der Waals surface area contributed by atoms with Gasteiger partial charge in [0.15, 0.2) is 0 Å². The lowest BCUT2D eigenvalue weighted by Gasteiger charge is -2.14. The molecule has 1 aliphatic carbocycles. The first-order chi connectivity index (χ1) is 11.8. The lowest BCUT2D eigenvalue weighted by molar-refractivity contribution is 0.240. The third-order valence-corrected chi connectivity index (χ3v) is 4.37. The zero-order chi connectivity index (χ0) is 16.8. The fourth-order valence-electron chi connectivity index (χ4n) is 3.01. The van der Waals surface area contributed by atoms with E-state index >= 15 is 0 Å². The second kappa shape index (κ2) is 7.86. The molecule has 2 N–H and O–H groups in total. The highest BCUT2D eigenvalue weighted by molar-refractivity contribution is 5.73. The van der Waals surface area contributed by atoms with Crippen LogP contribution in [0.2, 0.25) is 0 Å². The van der Waals surface area contributed by atoms with E-state index < -0.39 is 0 Å². The van der Waals surface area contributed by atoms with Crippen LogP contribution in [0.5, 0.6) is 5.75 Å². The lowest BCUT2D eigenvalue weighted by atomic mass is 9.98. The molecule has 0 fully saturated rings. The van der Waals surface area contributed by atoms with Crippen LogP contribution in [0.1, 0.15) is 29.7 Å². The van der Waals surface area contributed by atoms with E-state index in [4.69, 9.17) is 4.74 Å². The average molecular weight is 328 g/mol. The molecule has 0 bridgehead atoms. The van der Waals surface area contributed by atoms with Crippen molar-refractivity contribution in [2.75, 3.05) is 13.7 Å². The van der Waals surface area contributed by atoms with Gasteiger partial charge in [-0.1, -0.05) is 12.1 Å². The molecule has 2 aromatic rings. The Labute approximate surface area is 142 Å². The van der Waals surface area contributed by atoms with Crippen LogP contribution in [0.15, 0.2) is 30.5 Å². The third-order valence-electron chi connectivity index (χ3n) is 4.37. The van der Waals surface area contributed by atoms with E-state index in [1.54, 1.807) is 7.11 Å². The minimum atomic E-state index is -0.160. The topological polar surface area (TPSA) is 68.2 Å². The number of carbonyl (C=O) groups excluding carboxylic acids is 1. The largest absolute Gasteiger partial charge is 0.497 e. The molecule has 0 radical (unpaired) electrons. The number of aromatic nitrogens is 2. The van der Waals surface area contributed by atoms with E-state index in [-0.39, 0.29) is 6.03 Å². The van der Waals surface area contributed by atoms with Gasteiger partial charge < -0.3 is 15.4 Å². The Bertz CT molecular complexity index is 679. The summed E-state index contributed by atoms with van der Waals surface area (Å²) < 4.78 is 7.14. The first-order valence-corrected chi connectivity index (χ1v) is 8.44. The van der Waals surface area contributed by atoms with Crippen LogP contribution in [0.4, 0.5) is 4.79 Å². The Morgan fingerprint density at radius 1 is 1.21 bits per heavy atom. The van der Waals surface area contributed by atoms with Crippen LogP contribution < -0.4 is 15.4 Å². The molecule has 6 heteroatoms. The van der Waals surface area contributed by atoms with E-state index in [2.05, 4.69) is 15.7 Å². The van der Waals surface area contributed by atoms with E-state index in [0.717, 1.165) is 24.2 Å². The molecule has 0 atom stereocenters. The van der Waals surface area contributed by atoms with Gasteiger partial charge in [-0.3, -0.25) is 4.68 Å². The number of nitrogens with zero attached hydrogens (tertiary/aromatic N) is 2. The molecule has 3 rings (SSSR count). The van der Waals surface area contributed by atoms with Crippen molar-refractivity contribution < 1.29 is 9.53 Å². The zero-order valence-corrected chi connectivity index (χ0v) is 14.0. The molecule has 0 saturated carbocycles. The second-order valence-electron chi connectivity index (χ2n) is 6.00. The summed E-state index contributed by atoms with van der Waals surface area (Å²) >= 11 is 0. The Hall–Kier alpha value is -2.50. The van der Waals surface area contributed by atoms with Crippen LogP contribution in [-0.2, 0) is 25.9 Å². The minimum Gasteiger partial charge on any atom is -0.497 e. The second-order valence-corrected chi connectivity index (χ2v) is 6.00. The average Bonchev–Trinajstić information content (AvgIpc) is 3.04. The summed E-state index contributed by atoms with van der Waals surface area (Å²) in [4.78, 5) is 11.9. The number of benzene rings is 1. The molecule has 0 saturated heterocycles. The Morgan fingerprint density at radius 3 is 2.79 bits per heavy atom. The van der Waals surface area contributed by atoms with Crippen molar-refractivity contribution in [3.8, 4) is 5.75 Å². The van der Waals surface area contributed by atoms with Crippen molar-refractivity contribution in [1.82, 2.24) is 20.4 Å². The van der Waals surface area contributed by atoms with Gasteiger partial charge in [-0.25, -0.2) is 4.79 Å². The number of methoxy groups -OCH3 is 1. The third kappa shape index (κ3) is 4.07. The van der Waals surface area contributed by atoms with Gasteiger partial charge in [0, 0.05) is 18.8 Å². The number of fused-ring (bicyclic) bond motifs is 1. The van der Waals surface area contributed by atoms with E-state index in [1.807, 2.05) is 35.1 Å². The number of ether oxygens (including phenoxy) is 1. The number of amides is 2. The molecule has 24 heavy (non-hydrogen) atoms. The number of hydrogen-bond donors (Lipinski definition) is 2. The van der Waals surface area contributed by atoms with Crippen LogP contribution in [0, 0.1) is 0 Å². The number of urea groups is 1. The predicted molar refractivity (Wildman–Crippen MR) is 92.1 cm³/mol. The fourth-order valence-corrected chi connectivity index (χ4v) is 3.01. The predicted octanol–water partition coefficient (Wildman–Crippen LogP) is 2.27. The van der Waals surface area contributed by atoms with Crippen molar-refractivity contribution in [1.29, 1.82) is 0 Å². The minimum absolute atomic E-state index is 0.160. The molecular weight excluding hydrogens is 304 g/mol. The first-order valence-electron chi connectivity index (χ1n) is 8.44. The zero-order valence-electron chi connectivity index (χ0n) is 14.0.